The number of rotatable bonds is 5. The van der Waals surface area contributed by atoms with Crippen molar-refractivity contribution in [3.63, 3.8) is 0 Å². The molecule has 0 amide bonds. The van der Waals surface area contributed by atoms with E-state index < -0.39 is 0 Å². The number of hydrogen-bond acceptors (Lipinski definition) is 3. The molecule has 0 spiro atoms. The lowest BCUT2D eigenvalue weighted by molar-refractivity contribution is -0.0259. The van der Waals surface area contributed by atoms with Crippen LogP contribution in [0.4, 0.5) is 0 Å². The van der Waals surface area contributed by atoms with Gasteiger partial charge in [0.15, 0.2) is 0 Å². The maximum atomic E-state index is 5.79. The standard InChI is InChI=1S/C13H25NO2/c1-11(2)16-10-13(4-5-13)9-14-6-7-15-8-12(14)3/h11-12H,4-10H2,1-3H3/t12-/m0/s1. The van der Waals surface area contributed by atoms with E-state index in [4.69, 9.17) is 9.47 Å². The molecule has 1 heterocycles. The molecule has 2 rings (SSSR count). The van der Waals surface area contributed by atoms with E-state index in [1.54, 1.807) is 0 Å². The van der Waals surface area contributed by atoms with Crippen LogP contribution in [-0.2, 0) is 9.47 Å². The lowest BCUT2D eigenvalue weighted by Gasteiger charge is -2.36. The Bertz CT molecular complexity index is 226. The smallest absolute Gasteiger partial charge is 0.0619 e. The normalized spacial score (nSPS) is 29.6. The number of ether oxygens (including phenoxy) is 2. The number of hydrogen-bond donors (Lipinski definition) is 0. The van der Waals surface area contributed by atoms with Crippen molar-refractivity contribution in [2.75, 3.05) is 32.9 Å². The molecule has 0 aromatic rings. The molecule has 1 aliphatic heterocycles. The molecule has 0 unspecified atom stereocenters. The zero-order valence-corrected chi connectivity index (χ0v) is 10.9. The summed E-state index contributed by atoms with van der Waals surface area (Å²) in [5.74, 6) is 0. The van der Waals surface area contributed by atoms with Crippen LogP contribution >= 0.6 is 0 Å². The lowest BCUT2D eigenvalue weighted by Crippen LogP contribution is -2.47. The van der Waals surface area contributed by atoms with Crippen molar-refractivity contribution in [2.45, 2.75) is 45.8 Å². The first kappa shape index (κ1) is 12.3. The quantitative estimate of drug-likeness (QED) is 0.716. The zero-order valence-electron chi connectivity index (χ0n) is 10.9. The first-order valence-corrected chi connectivity index (χ1v) is 6.55. The summed E-state index contributed by atoms with van der Waals surface area (Å²) in [4.78, 5) is 2.57. The Balaban J connectivity index is 1.79. The van der Waals surface area contributed by atoms with E-state index in [-0.39, 0.29) is 0 Å². The van der Waals surface area contributed by atoms with Crippen molar-refractivity contribution in [3.8, 4) is 0 Å². The Labute approximate surface area is 99.1 Å². The van der Waals surface area contributed by atoms with Crippen LogP contribution in [0.15, 0.2) is 0 Å². The summed E-state index contributed by atoms with van der Waals surface area (Å²) in [6, 6.07) is 0.574. The van der Waals surface area contributed by atoms with Crippen LogP contribution in [0.3, 0.4) is 0 Å². The van der Waals surface area contributed by atoms with Crippen LogP contribution in [-0.4, -0.2) is 50.0 Å². The van der Waals surface area contributed by atoms with E-state index in [2.05, 4.69) is 25.7 Å². The largest absolute Gasteiger partial charge is 0.379 e. The molecule has 2 aliphatic rings. The molecule has 0 aromatic carbocycles. The van der Waals surface area contributed by atoms with Gasteiger partial charge in [0, 0.05) is 24.5 Å². The third-order valence-electron chi connectivity index (χ3n) is 3.72. The highest BCUT2D eigenvalue weighted by Gasteiger charge is 2.45. The summed E-state index contributed by atoms with van der Waals surface area (Å²) >= 11 is 0. The first-order chi connectivity index (χ1) is 7.61. The summed E-state index contributed by atoms with van der Waals surface area (Å²) in [5, 5.41) is 0. The summed E-state index contributed by atoms with van der Waals surface area (Å²) in [6.45, 7) is 11.5. The molecule has 0 aromatic heterocycles. The van der Waals surface area contributed by atoms with E-state index >= 15 is 0 Å². The van der Waals surface area contributed by atoms with E-state index in [0.29, 0.717) is 17.6 Å². The van der Waals surface area contributed by atoms with Crippen LogP contribution < -0.4 is 0 Å². The predicted octanol–water partition coefficient (Wildman–Crippen LogP) is 1.91. The van der Waals surface area contributed by atoms with Crippen LogP contribution in [0.25, 0.3) is 0 Å². The molecular formula is C13H25NO2. The maximum absolute atomic E-state index is 5.79. The fraction of sp³-hybridized carbons (Fsp3) is 1.00. The molecule has 0 bridgehead atoms. The van der Waals surface area contributed by atoms with Gasteiger partial charge in [-0.1, -0.05) is 0 Å². The second-order valence-electron chi connectivity index (χ2n) is 5.75. The van der Waals surface area contributed by atoms with Gasteiger partial charge in [0.1, 0.15) is 0 Å². The van der Waals surface area contributed by atoms with Crippen molar-refractivity contribution in [1.29, 1.82) is 0 Å². The number of morpholine rings is 1. The summed E-state index contributed by atoms with van der Waals surface area (Å²) in [6.07, 6.45) is 3.03. The molecule has 0 N–H and O–H groups in total. The molecule has 3 heteroatoms. The maximum Gasteiger partial charge on any atom is 0.0619 e. The van der Waals surface area contributed by atoms with Crippen molar-refractivity contribution in [3.05, 3.63) is 0 Å². The van der Waals surface area contributed by atoms with Gasteiger partial charge in [0.2, 0.25) is 0 Å². The molecule has 94 valence electrons. The van der Waals surface area contributed by atoms with Gasteiger partial charge in [-0.25, -0.2) is 0 Å². The van der Waals surface area contributed by atoms with Gasteiger partial charge < -0.3 is 9.47 Å². The van der Waals surface area contributed by atoms with Gasteiger partial charge in [-0.3, -0.25) is 4.90 Å². The van der Waals surface area contributed by atoms with Gasteiger partial charge in [-0.15, -0.1) is 0 Å². The Morgan fingerprint density at radius 2 is 2.19 bits per heavy atom. The Kier molecular flexibility index (Phi) is 3.88. The minimum atomic E-state index is 0.361. The Morgan fingerprint density at radius 3 is 2.75 bits per heavy atom. The summed E-state index contributed by atoms with van der Waals surface area (Å²) in [5.41, 5.74) is 0.468. The average molecular weight is 227 g/mol. The number of nitrogens with zero attached hydrogens (tertiary/aromatic N) is 1. The molecule has 1 saturated carbocycles. The van der Waals surface area contributed by atoms with Gasteiger partial charge in [-0.2, -0.15) is 0 Å². The lowest BCUT2D eigenvalue weighted by atomic mass is 10.1. The van der Waals surface area contributed by atoms with E-state index in [0.717, 1.165) is 26.4 Å². The third-order valence-corrected chi connectivity index (χ3v) is 3.72. The zero-order chi connectivity index (χ0) is 11.6. The van der Waals surface area contributed by atoms with Crippen molar-refractivity contribution >= 4 is 0 Å². The molecule has 1 aliphatic carbocycles. The van der Waals surface area contributed by atoms with E-state index in [1.807, 2.05) is 0 Å². The molecule has 0 radical (unpaired) electrons. The molecule has 2 fully saturated rings. The highest BCUT2D eigenvalue weighted by Crippen LogP contribution is 2.47. The monoisotopic (exact) mass is 227 g/mol. The SMILES string of the molecule is CC(C)OCC1(CN2CCOC[C@@H]2C)CC1. The van der Waals surface area contributed by atoms with Crippen LogP contribution in [0.1, 0.15) is 33.6 Å². The second-order valence-corrected chi connectivity index (χ2v) is 5.75. The van der Waals surface area contributed by atoms with Crippen molar-refractivity contribution in [2.24, 2.45) is 5.41 Å². The second kappa shape index (κ2) is 5.03. The van der Waals surface area contributed by atoms with Crippen LogP contribution in [0.2, 0.25) is 0 Å². The average Bonchev–Trinajstić information content (AvgIpc) is 3.00. The molecule has 1 atom stereocenters. The van der Waals surface area contributed by atoms with Gasteiger partial charge in [-0.05, 0) is 33.6 Å². The van der Waals surface area contributed by atoms with E-state index in [1.165, 1.54) is 19.4 Å². The van der Waals surface area contributed by atoms with Crippen LogP contribution in [0.5, 0.6) is 0 Å². The fourth-order valence-corrected chi connectivity index (χ4v) is 2.30. The van der Waals surface area contributed by atoms with Gasteiger partial charge in [0.25, 0.3) is 0 Å². The minimum Gasteiger partial charge on any atom is -0.379 e. The third kappa shape index (κ3) is 3.19. The Hall–Kier alpha value is -0.120. The summed E-state index contributed by atoms with van der Waals surface area (Å²) < 4.78 is 11.3. The van der Waals surface area contributed by atoms with E-state index in [9.17, 15) is 0 Å². The first-order valence-electron chi connectivity index (χ1n) is 6.55. The van der Waals surface area contributed by atoms with Gasteiger partial charge in [0.05, 0.1) is 25.9 Å². The fourth-order valence-electron chi connectivity index (χ4n) is 2.30. The highest BCUT2D eigenvalue weighted by molar-refractivity contribution is 4.96. The molecular weight excluding hydrogens is 202 g/mol. The topological polar surface area (TPSA) is 21.7 Å². The predicted molar refractivity (Wildman–Crippen MR) is 64.6 cm³/mol. The summed E-state index contributed by atoms with van der Waals surface area (Å²) in [7, 11) is 0. The van der Waals surface area contributed by atoms with Crippen LogP contribution in [0, 0.1) is 5.41 Å². The van der Waals surface area contributed by atoms with Crippen molar-refractivity contribution < 1.29 is 9.47 Å². The molecule has 1 saturated heterocycles. The minimum absolute atomic E-state index is 0.361. The van der Waals surface area contributed by atoms with Crippen molar-refractivity contribution in [1.82, 2.24) is 4.90 Å². The molecule has 16 heavy (non-hydrogen) atoms. The Morgan fingerprint density at radius 1 is 1.44 bits per heavy atom. The van der Waals surface area contributed by atoms with Gasteiger partial charge >= 0.3 is 0 Å². The molecule has 3 nitrogen and oxygen atoms in total. The highest BCUT2D eigenvalue weighted by atomic mass is 16.5.